The maximum absolute atomic E-state index is 13.1. The number of ether oxygens (including phenoxy) is 12. The third-order valence-electron chi connectivity index (χ3n) is 20.9. The van der Waals surface area contributed by atoms with Crippen molar-refractivity contribution in [3.63, 3.8) is 0 Å². The highest BCUT2D eigenvalue weighted by Gasteiger charge is 2.47. The Morgan fingerprint density at radius 1 is 0.342 bits per heavy atom. The van der Waals surface area contributed by atoms with Crippen LogP contribution in [0.2, 0.25) is 0 Å². The number of hydrogen-bond donors (Lipinski definition) is 4. The van der Waals surface area contributed by atoms with Crippen LogP contribution in [0.5, 0.6) is 46.0 Å². The molecular weight excluding hydrogens is 1520 g/mol. The van der Waals surface area contributed by atoms with Crippen LogP contribution in [0.25, 0.3) is 0 Å². The Bertz CT molecular complexity index is 5640. The van der Waals surface area contributed by atoms with Crippen molar-refractivity contribution in [3.8, 4) is 46.0 Å². The van der Waals surface area contributed by atoms with Gasteiger partial charge in [-0.15, -0.1) is 0 Å². The molecule has 4 fully saturated rings. The van der Waals surface area contributed by atoms with Gasteiger partial charge in [-0.1, -0.05) is 111 Å². The zero-order valence-electron chi connectivity index (χ0n) is 111. The largest absolute Gasteiger partial charge is 0.493 e. The number of benzene rings is 4. The molecule has 8 heterocycles. The molecule has 24 heteroatoms. The number of piperidine rings is 4. The Kier molecular flexibility index (Phi) is 20.5. The number of carbonyl (C=O) groups is 4. The van der Waals surface area contributed by atoms with Gasteiger partial charge in [0.05, 0.1) is 81.4 Å². The van der Waals surface area contributed by atoms with Crippen LogP contribution >= 0.6 is 0 Å². The Morgan fingerprint density at radius 2 is 0.525 bits per heavy atom. The molecule has 24 nitrogen and oxygen atoms in total. The van der Waals surface area contributed by atoms with Gasteiger partial charge in [-0.05, 0) is 192 Å². The topological polar surface area (TPSA) is 296 Å². The van der Waals surface area contributed by atoms with E-state index in [1.807, 2.05) is 0 Å². The second kappa shape index (κ2) is 43.9. The minimum atomic E-state index is -3.18. The van der Waals surface area contributed by atoms with E-state index in [1.54, 1.807) is 111 Å². The van der Waals surface area contributed by atoms with Crippen molar-refractivity contribution in [2.75, 3.05) is 109 Å². The molecule has 8 aliphatic rings. The molecule has 12 unspecified atom stereocenters. The van der Waals surface area contributed by atoms with Crippen molar-refractivity contribution in [3.05, 3.63) is 92.8 Å². The first-order chi connectivity index (χ1) is 71.7. The van der Waals surface area contributed by atoms with Gasteiger partial charge in [-0.3, -0.25) is 38.8 Å². The monoisotopic (exact) mass is 1710 g/mol. The first-order valence-corrected chi connectivity index (χ1v) is 41.0. The van der Waals surface area contributed by atoms with E-state index in [4.69, 9.17) is 110 Å². The third kappa shape index (κ3) is 23.8. The highest BCUT2D eigenvalue weighted by atomic mass is 16.6. The van der Waals surface area contributed by atoms with Gasteiger partial charge in [0, 0.05) is 153 Å². The lowest BCUT2D eigenvalue weighted by molar-refractivity contribution is -0.161. The summed E-state index contributed by atoms with van der Waals surface area (Å²) in [5.74, 6) is -20.8. The summed E-state index contributed by atoms with van der Waals surface area (Å²) in [7, 11) is 1.43. The fourth-order valence-electron chi connectivity index (χ4n) is 14.0. The van der Waals surface area contributed by atoms with E-state index in [0.717, 1.165) is 33.8 Å². The van der Waals surface area contributed by atoms with Crippen LogP contribution in [0, 0.1) is 70.9 Å². The van der Waals surface area contributed by atoms with E-state index < -0.39 is 268 Å². The van der Waals surface area contributed by atoms with E-state index in [0.29, 0.717) is 0 Å². The summed E-state index contributed by atoms with van der Waals surface area (Å²) in [5.41, 5.74) is 23.8. The predicted octanol–water partition coefficient (Wildman–Crippen LogP) is 14.3. The lowest BCUT2D eigenvalue weighted by atomic mass is 9.79. The summed E-state index contributed by atoms with van der Waals surface area (Å²) in [4.78, 5) is 56.8. The summed E-state index contributed by atoms with van der Waals surface area (Å²) in [6, 6.07) is -15.0. The van der Waals surface area contributed by atoms with Gasteiger partial charge in [0.2, 0.25) is 0 Å². The highest BCUT2D eigenvalue weighted by molar-refractivity contribution is 5.77. The number of fused-ring (bicyclic) bond motifs is 12. The van der Waals surface area contributed by atoms with Gasteiger partial charge < -0.3 is 79.8 Å². The van der Waals surface area contributed by atoms with Gasteiger partial charge in [0.25, 0.3) is 0 Å². The molecule has 8 aliphatic heterocycles. The third-order valence-corrected chi connectivity index (χ3v) is 20.9. The Balaban J connectivity index is 0.000000233. The lowest BCUT2D eigenvalue weighted by Gasteiger charge is -2.47. The van der Waals surface area contributed by atoms with Gasteiger partial charge in [-0.2, -0.15) is 0 Å². The first-order valence-electron chi connectivity index (χ1n) is 60.0. The van der Waals surface area contributed by atoms with Crippen LogP contribution in [-0.2, 0) is 63.8 Å². The van der Waals surface area contributed by atoms with Crippen LogP contribution in [0.15, 0.2) is 48.3 Å². The maximum atomic E-state index is 13.1. The SMILES string of the molecule is [2H]c1c2c(c([2H])c(OC)c1OC([2H])([2H])[2H])C1N(CC2)C([2H])([2H])C([2H])(CC(C)C)C([2H])(OC(=O)[C@@H](N)C(C)C)C1([2H])[2H].[2H]c1c2c(c([2H])c(OC)c1OC([2H])([2H])[2H])C1N(CC2)C([2H])([2H])C([2H])(CC(C)C)C([2H])(OC(=O)[C@@H](N)C(C)C)C1([2H])[2H].[2H]c1c2c(c([2H])c(OC)c1OC)C1N(CC2)C([2H])([2H])C([2H])(CC(C)C)C([2H])(OC(=O)[C@@H](N)C(C)C)C1([2H])[2H].[2H]c1c2c(c([2H])c(OC)c1OC)C1N(CC2)C([2H])([2H])C([2H])(CC(C)C)C([2H])(OC(=O)[C@@H](N)C(C)C)C1([2H])[2H]. The lowest BCUT2D eigenvalue weighted by Crippen LogP contribution is -2.51. The summed E-state index contributed by atoms with van der Waals surface area (Å²) in [6.07, 6.45) is -25.8. The summed E-state index contributed by atoms with van der Waals surface area (Å²) in [5, 5.41) is 0. The van der Waals surface area contributed by atoms with Crippen molar-refractivity contribution >= 4 is 23.9 Å². The molecule has 4 aromatic rings. The number of nitrogens with two attached hydrogens (primary N) is 4. The molecular formula is C96H152N8O16. The van der Waals surface area contributed by atoms with Crippen LogP contribution in [0.1, 0.15) is 283 Å². The molecule has 0 aliphatic carbocycles. The van der Waals surface area contributed by atoms with Gasteiger partial charge in [0.15, 0.2) is 46.0 Å². The fourth-order valence-corrected chi connectivity index (χ4v) is 14.0. The van der Waals surface area contributed by atoms with Crippen LogP contribution in [0.3, 0.4) is 0 Å². The van der Waals surface area contributed by atoms with E-state index in [1.165, 1.54) is 28.4 Å². The molecule has 0 radical (unpaired) electrons. The minimum absolute atomic E-state index is 0.00451. The van der Waals surface area contributed by atoms with E-state index in [2.05, 4.69) is 0 Å². The van der Waals surface area contributed by atoms with Gasteiger partial charge in [-0.25, -0.2) is 0 Å². The van der Waals surface area contributed by atoms with Crippen molar-refractivity contribution in [2.24, 2.45) is 93.9 Å². The molecule has 4 saturated heterocycles. The van der Waals surface area contributed by atoms with Crippen LogP contribution in [0.4, 0.5) is 0 Å². The standard InChI is InChI=1S/4C24H38N2O4/c4*1-14(2)9-17-13-26-8-7-16-10-21(28-5)22(29-6)11-18(16)19(26)12-20(17)30-24(27)23(25)15(3)4/h4*10-11,14-15,17,19-20,23H,7-9,12-13,25H2,1-6H3/t4*17?,19?,20?,23-/m0000/s1/i2*5D3,10D,11D,12D2,13D2,17D,20D;2*10D,11D,12D2,13D2,17D,20D. The maximum Gasteiger partial charge on any atom is 0.323 e. The summed E-state index contributed by atoms with van der Waals surface area (Å²) < 4.78 is 401. The first kappa shape index (κ1) is 55.9. The molecule has 0 spiro atoms. The van der Waals surface area contributed by atoms with Crippen molar-refractivity contribution in [2.45, 2.75) is 260 Å². The van der Waals surface area contributed by atoms with Crippen LogP contribution in [-0.4, -0.2) is 201 Å². The van der Waals surface area contributed by atoms with E-state index in [9.17, 15) is 41.1 Å². The zero-order chi connectivity index (χ0) is 122. The molecule has 672 valence electrons. The number of hydrogen-bond acceptors (Lipinski definition) is 24. The normalized spacial score (nSPS) is 38.0. The molecule has 0 saturated carbocycles. The van der Waals surface area contributed by atoms with Crippen molar-refractivity contribution < 1.29 is 128 Å². The number of nitrogens with zero attached hydrogens (tertiary/aromatic N) is 4. The molecule has 0 bridgehead atoms. The predicted molar refractivity (Wildman–Crippen MR) is 471 cm³/mol. The Labute approximate surface area is 772 Å². The van der Waals surface area contributed by atoms with Gasteiger partial charge in [0.1, 0.15) is 48.5 Å². The molecule has 4 aromatic carbocycles. The molecule has 120 heavy (non-hydrogen) atoms. The van der Waals surface area contributed by atoms with Crippen molar-refractivity contribution in [1.82, 2.24) is 19.6 Å². The van der Waals surface area contributed by atoms with E-state index >= 15 is 0 Å². The van der Waals surface area contributed by atoms with Gasteiger partial charge >= 0.3 is 23.9 Å². The summed E-state index contributed by atoms with van der Waals surface area (Å²) >= 11 is 0. The second-order valence-electron chi connectivity index (χ2n) is 33.4. The number of esters is 4. The molecule has 0 aromatic heterocycles. The molecule has 0 amide bonds. The minimum Gasteiger partial charge on any atom is -0.493 e. The van der Waals surface area contributed by atoms with Crippen molar-refractivity contribution in [1.29, 1.82) is 0 Å². The zero-order valence-corrected chi connectivity index (χ0v) is 73.4. The molecule has 8 N–H and O–H groups in total. The fraction of sp³-hybridized carbons (Fsp3) is 0.708. The molecule has 12 rings (SSSR count). The second-order valence-corrected chi connectivity index (χ2v) is 33.4. The number of carbonyl (C=O) groups excluding carboxylic acids is 4. The Hall–Kier alpha value is -7.16. The van der Waals surface area contributed by atoms with Crippen LogP contribution < -0.4 is 60.8 Å². The smallest absolute Gasteiger partial charge is 0.323 e. The quantitative estimate of drug-likeness (QED) is 0.0303. The molecule has 16 atom stereocenters. The highest BCUT2D eigenvalue weighted by Crippen LogP contribution is 2.50. The summed E-state index contributed by atoms with van der Waals surface area (Å²) in [6.45, 7) is 15.0. The average molecular weight is 1710 g/mol. The number of rotatable bonds is 28. The Morgan fingerprint density at radius 3 is 0.692 bits per heavy atom. The van der Waals surface area contributed by atoms with E-state index in [-0.39, 0.29) is 181 Å². The number of methoxy groups -OCH3 is 8. The average Bonchev–Trinajstić information content (AvgIpc) is 0.677.